The lowest BCUT2D eigenvalue weighted by Gasteiger charge is -2.08. The Morgan fingerprint density at radius 2 is 1.32 bits per heavy atom. The average molecular weight is 371 g/mol. The number of aromatic nitrogens is 1. The van der Waals surface area contributed by atoms with Crippen molar-refractivity contribution in [1.29, 1.82) is 0 Å². The van der Waals surface area contributed by atoms with Gasteiger partial charge in [0.25, 0.3) is 0 Å². The zero-order valence-electron chi connectivity index (χ0n) is 16.5. The zero-order valence-corrected chi connectivity index (χ0v) is 16.5. The third-order valence-electron chi connectivity index (χ3n) is 5.31. The van der Waals surface area contributed by atoms with Crippen LogP contribution in [-0.2, 0) is 12.8 Å². The summed E-state index contributed by atoms with van der Waals surface area (Å²) in [5, 5.41) is 21.5. The van der Waals surface area contributed by atoms with Crippen LogP contribution in [0, 0.1) is 20.8 Å². The molecule has 1 aromatic heterocycles. The number of phenols is 2. The highest BCUT2D eigenvalue weighted by Crippen LogP contribution is 2.28. The van der Waals surface area contributed by atoms with Gasteiger partial charge in [0.05, 0.1) is 0 Å². The van der Waals surface area contributed by atoms with Gasteiger partial charge < -0.3 is 15.2 Å². The van der Waals surface area contributed by atoms with Crippen molar-refractivity contribution >= 4 is 10.9 Å². The summed E-state index contributed by atoms with van der Waals surface area (Å²) in [6, 6.07) is 17.9. The van der Waals surface area contributed by atoms with Crippen molar-refractivity contribution < 1.29 is 10.2 Å². The van der Waals surface area contributed by atoms with E-state index in [0.29, 0.717) is 24.3 Å². The highest BCUT2D eigenvalue weighted by Gasteiger charge is 2.10. The fraction of sp³-hybridized carbons (Fsp3) is 0.200. The smallest absolute Gasteiger partial charge is 0.119 e. The van der Waals surface area contributed by atoms with Gasteiger partial charge in [-0.3, -0.25) is 0 Å². The Labute approximate surface area is 165 Å². The minimum absolute atomic E-state index is 0.330. The molecule has 28 heavy (non-hydrogen) atoms. The molecule has 3 heteroatoms. The fourth-order valence-corrected chi connectivity index (χ4v) is 3.89. The second kappa shape index (κ2) is 7.08. The molecule has 142 valence electrons. The molecule has 3 nitrogen and oxygen atoms in total. The Kier molecular flexibility index (Phi) is 4.60. The van der Waals surface area contributed by atoms with E-state index in [1.165, 1.54) is 10.9 Å². The molecule has 0 unspecified atom stereocenters. The molecular formula is C25H25NO2. The Morgan fingerprint density at radius 3 is 1.96 bits per heavy atom. The van der Waals surface area contributed by atoms with E-state index >= 15 is 0 Å². The molecule has 0 atom stereocenters. The summed E-state index contributed by atoms with van der Waals surface area (Å²) in [6.45, 7) is 6.18. The molecule has 3 aromatic carbocycles. The SMILES string of the molecule is Cc1ccc(O)c(Cc2cc(C)c3cc(Cc4cc(C)ccc4O)[nH]c3c2)c1. The maximum absolute atomic E-state index is 10.2. The molecule has 0 saturated heterocycles. The van der Waals surface area contributed by atoms with Crippen molar-refractivity contribution in [1.82, 2.24) is 4.98 Å². The van der Waals surface area contributed by atoms with Gasteiger partial charge in [0, 0.05) is 29.4 Å². The van der Waals surface area contributed by atoms with E-state index in [2.05, 4.69) is 30.1 Å². The zero-order chi connectivity index (χ0) is 19.8. The molecule has 0 fully saturated rings. The molecule has 0 aliphatic rings. The van der Waals surface area contributed by atoms with Crippen LogP contribution in [0.4, 0.5) is 0 Å². The van der Waals surface area contributed by atoms with Gasteiger partial charge in [-0.05, 0) is 67.3 Å². The van der Waals surface area contributed by atoms with Crippen LogP contribution in [0.3, 0.4) is 0 Å². The molecule has 0 amide bonds. The maximum atomic E-state index is 10.2. The van der Waals surface area contributed by atoms with Crippen LogP contribution in [0.1, 0.15) is 39.1 Å². The summed E-state index contributed by atoms with van der Waals surface area (Å²) >= 11 is 0. The van der Waals surface area contributed by atoms with Gasteiger partial charge in [-0.15, -0.1) is 0 Å². The number of H-pyrrole nitrogens is 1. The Hall–Kier alpha value is -3.20. The summed E-state index contributed by atoms with van der Waals surface area (Å²) in [5.74, 6) is 0.669. The number of aromatic hydroxyl groups is 2. The molecule has 4 aromatic rings. The van der Waals surface area contributed by atoms with Crippen LogP contribution < -0.4 is 0 Å². The number of benzene rings is 3. The number of phenolic OH excluding ortho intramolecular Hbond substituents is 2. The quantitative estimate of drug-likeness (QED) is 0.432. The fourth-order valence-electron chi connectivity index (χ4n) is 3.89. The minimum atomic E-state index is 0.330. The first-order chi connectivity index (χ1) is 13.4. The second-order valence-corrected chi connectivity index (χ2v) is 7.79. The van der Waals surface area contributed by atoms with Crippen molar-refractivity contribution in [3.63, 3.8) is 0 Å². The first kappa shape index (κ1) is 18.2. The molecule has 3 N–H and O–H groups in total. The molecule has 0 saturated carbocycles. The second-order valence-electron chi connectivity index (χ2n) is 7.79. The van der Waals surface area contributed by atoms with Crippen LogP contribution in [0.15, 0.2) is 54.6 Å². The van der Waals surface area contributed by atoms with Crippen molar-refractivity contribution in [2.45, 2.75) is 33.6 Å². The van der Waals surface area contributed by atoms with Crippen molar-refractivity contribution in [2.75, 3.05) is 0 Å². The van der Waals surface area contributed by atoms with E-state index < -0.39 is 0 Å². The number of nitrogens with one attached hydrogen (secondary N) is 1. The van der Waals surface area contributed by atoms with E-state index in [0.717, 1.165) is 39.0 Å². The topological polar surface area (TPSA) is 56.2 Å². The van der Waals surface area contributed by atoms with Crippen LogP contribution >= 0.6 is 0 Å². The lowest BCUT2D eigenvalue weighted by atomic mass is 9.99. The van der Waals surface area contributed by atoms with Crippen molar-refractivity contribution in [3.05, 3.63) is 93.7 Å². The first-order valence-corrected chi connectivity index (χ1v) is 9.57. The van der Waals surface area contributed by atoms with E-state index in [1.807, 2.05) is 38.1 Å². The number of fused-ring (bicyclic) bond motifs is 1. The highest BCUT2D eigenvalue weighted by molar-refractivity contribution is 5.84. The summed E-state index contributed by atoms with van der Waals surface area (Å²) in [7, 11) is 0. The van der Waals surface area contributed by atoms with E-state index in [9.17, 15) is 10.2 Å². The molecule has 4 rings (SSSR count). The summed E-state index contributed by atoms with van der Waals surface area (Å²) in [6.07, 6.45) is 1.35. The molecule has 0 aliphatic carbocycles. The number of rotatable bonds is 4. The minimum Gasteiger partial charge on any atom is -0.508 e. The largest absolute Gasteiger partial charge is 0.508 e. The normalized spacial score (nSPS) is 11.2. The number of aromatic amines is 1. The number of hydrogen-bond donors (Lipinski definition) is 3. The van der Waals surface area contributed by atoms with Crippen molar-refractivity contribution in [3.8, 4) is 11.5 Å². The lowest BCUT2D eigenvalue weighted by Crippen LogP contribution is -1.92. The Balaban J connectivity index is 1.67. The highest BCUT2D eigenvalue weighted by atomic mass is 16.3. The van der Waals surface area contributed by atoms with Crippen LogP contribution in [0.2, 0.25) is 0 Å². The number of aryl methyl sites for hydroxylation is 3. The molecular weight excluding hydrogens is 346 g/mol. The van der Waals surface area contributed by atoms with Gasteiger partial charge in [0.1, 0.15) is 11.5 Å². The molecule has 0 spiro atoms. The van der Waals surface area contributed by atoms with E-state index in [1.54, 1.807) is 12.1 Å². The standard InChI is InChI=1S/C25H25NO2/c1-15-4-6-24(27)19(8-15)11-18-10-17(3)22-14-21(26-23(22)12-18)13-20-9-16(2)5-7-25(20)28/h4-10,12,14,26-28H,11,13H2,1-3H3. The molecule has 0 aliphatic heterocycles. The van der Waals surface area contributed by atoms with Gasteiger partial charge in [-0.2, -0.15) is 0 Å². The molecule has 0 radical (unpaired) electrons. The average Bonchev–Trinajstić information content (AvgIpc) is 3.04. The first-order valence-electron chi connectivity index (χ1n) is 9.57. The summed E-state index contributed by atoms with van der Waals surface area (Å²) < 4.78 is 0. The molecule has 0 bridgehead atoms. The van der Waals surface area contributed by atoms with Gasteiger partial charge in [0.15, 0.2) is 0 Å². The maximum Gasteiger partial charge on any atom is 0.119 e. The Bertz CT molecular complexity index is 1170. The van der Waals surface area contributed by atoms with Gasteiger partial charge in [-0.1, -0.05) is 41.5 Å². The molecule has 1 heterocycles. The van der Waals surface area contributed by atoms with Gasteiger partial charge >= 0.3 is 0 Å². The van der Waals surface area contributed by atoms with Crippen molar-refractivity contribution in [2.24, 2.45) is 0 Å². The predicted molar refractivity (Wildman–Crippen MR) is 114 cm³/mol. The predicted octanol–water partition coefficient (Wildman–Crippen LogP) is 5.69. The summed E-state index contributed by atoms with van der Waals surface area (Å²) in [4.78, 5) is 3.51. The monoisotopic (exact) mass is 371 g/mol. The number of hydrogen-bond acceptors (Lipinski definition) is 2. The van der Waals surface area contributed by atoms with Gasteiger partial charge in [-0.25, -0.2) is 0 Å². The van der Waals surface area contributed by atoms with Crippen LogP contribution in [0.5, 0.6) is 11.5 Å². The third-order valence-corrected chi connectivity index (χ3v) is 5.31. The third kappa shape index (κ3) is 3.61. The summed E-state index contributed by atoms with van der Waals surface area (Å²) in [5.41, 5.74) is 8.68. The van der Waals surface area contributed by atoms with Crippen LogP contribution in [-0.4, -0.2) is 15.2 Å². The van der Waals surface area contributed by atoms with Gasteiger partial charge in [0.2, 0.25) is 0 Å². The lowest BCUT2D eigenvalue weighted by molar-refractivity contribution is 0.468. The Morgan fingerprint density at radius 1 is 0.714 bits per heavy atom. The van der Waals surface area contributed by atoms with Crippen LogP contribution in [0.25, 0.3) is 10.9 Å². The van der Waals surface area contributed by atoms with E-state index in [-0.39, 0.29) is 0 Å². The van der Waals surface area contributed by atoms with E-state index in [4.69, 9.17) is 0 Å².